The molecular formula is C18H19FN2O4S3. The number of thiocarbonyl (C=S) groups is 1. The summed E-state index contributed by atoms with van der Waals surface area (Å²) in [6.45, 7) is 0.119. The third-order valence-electron chi connectivity index (χ3n) is 4.72. The van der Waals surface area contributed by atoms with E-state index in [1.165, 1.54) is 21.9 Å². The van der Waals surface area contributed by atoms with Crippen molar-refractivity contribution in [2.75, 3.05) is 25.1 Å². The first-order chi connectivity index (χ1) is 13.2. The van der Waals surface area contributed by atoms with Crippen LogP contribution in [0.3, 0.4) is 0 Å². The zero-order chi connectivity index (χ0) is 20.5. The van der Waals surface area contributed by atoms with E-state index in [4.69, 9.17) is 12.2 Å². The number of hydrogen-bond donors (Lipinski definition) is 0. The van der Waals surface area contributed by atoms with Crippen molar-refractivity contribution in [3.63, 3.8) is 0 Å². The van der Waals surface area contributed by atoms with Crippen LogP contribution in [0, 0.1) is 5.82 Å². The standard InChI is InChI=1S/C18H19FN2O4S3/c1-20(14-6-8-28(24,25)11-14)16(22)5-7-21-17(23)15(27-18(21)26)10-12-3-2-4-13(19)9-12/h2-4,9-10,14H,5-8,11H2,1H3/b15-10-. The van der Waals surface area contributed by atoms with Gasteiger partial charge in [-0.25, -0.2) is 12.8 Å². The molecule has 3 rings (SSSR count). The Kier molecular flexibility index (Phi) is 6.21. The molecule has 0 saturated carbocycles. The number of sulfone groups is 1. The summed E-state index contributed by atoms with van der Waals surface area (Å²) in [5.41, 5.74) is 0.554. The predicted molar refractivity (Wildman–Crippen MR) is 111 cm³/mol. The first-order valence-electron chi connectivity index (χ1n) is 8.63. The van der Waals surface area contributed by atoms with Crippen LogP contribution < -0.4 is 0 Å². The Balaban J connectivity index is 1.61. The molecule has 2 heterocycles. The average Bonchev–Trinajstić information content (AvgIpc) is 3.11. The smallest absolute Gasteiger partial charge is 0.266 e. The molecule has 0 bridgehead atoms. The average molecular weight is 443 g/mol. The number of carbonyl (C=O) groups is 2. The lowest BCUT2D eigenvalue weighted by Gasteiger charge is -2.24. The number of halogens is 1. The van der Waals surface area contributed by atoms with Gasteiger partial charge in [0.05, 0.1) is 16.4 Å². The molecule has 1 aromatic rings. The second-order valence-electron chi connectivity index (χ2n) is 6.70. The van der Waals surface area contributed by atoms with Crippen LogP contribution in [0.15, 0.2) is 29.2 Å². The van der Waals surface area contributed by atoms with Gasteiger partial charge in [0.15, 0.2) is 9.84 Å². The highest BCUT2D eigenvalue weighted by atomic mass is 32.2. The minimum atomic E-state index is -3.08. The number of rotatable bonds is 5. The molecule has 2 amide bonds. The molecule has 1 unspecified atom stereocenters. The van der Waals surface area contributed by atoms with Gasteiger partial charge in [-0.2, -0.15) is 0 Å². The van der Waals surface area contributed by atoms with E-state index in [1.54, 1.807) is 25.3 Å². The van der Waals surface area contributed by atoms with Crippen LogP contribution in [0.4, 0.5) is 4.39 Å². The highest BCUT2D eigenvalue weighted by Crippen LogP contribution is 2.32. The fraction of sp³-hybridized carbons (Fsp3) is 0.389. The minimum Gasteiger partial charge on any atom is -0.342 e. The zero-order valence-corrected chi connectivity index (χ0v) is 17.6. The monoisotopic (exact) mass is 442 g/mol. The van der Waals surface area contributed by atoms with E-state index in [9.17, 15) is 22.4 Å². The molecule has 28 heavy (non-hydrogen) atoms. The van der Waals surface area contributed by atoms with Crippen molar-refractivity contribution >= 4 is 56.0 Å². The number of nitrogens with zero attached hydrogens (tertiary/aromatic N) is 2. The minimum absolute atomic E-state index is 0.0212. The van der Waals surface area contributed by atoms with E-state index in [2.05, 4.69) is 0 Å². The summed E-state index contributed by atoms with van der Waals surface area (Å²) in [6, 6.07) is 5.56. The van der Waals surface area contributed by atoms with Crippen LogP contribution >= 0.6 is 24.0 Å². The predicted octanol–water partition coefficient (Wildman–Crippen LogP) is 2.06. The molecule has 2 saturated heterocycles. The van der Waals surface area contributed by atoms with E-state index in [0.717, 1.165) is 11.8 Å². The second-order valence-corrected chi connectivity index (χ2v) is 10.6. The molecule has 1 atom stereocenters. The van der Waals surface area contributed by atoms with Crippen LogP contribution in [-0.2, 0) is 19.4 Å². The van der Waals surface area contributed by atoms with Gasteiger partial charge < -0.3 is 4.90 Å². The summed E-state index contributed by atoms with van der Waals surface area (Å²) in [5, 5.41) is 0. The van der Waals surface area contributed by atoms with Crippen LogP contribution in [0.25, 0.3) is 6.08 Å². The van der Waals surface area contributed by atoms with Crippen LogP contribution in [0.1, 0.15) is 18.4 Å². The molecule has 2 aliphatic heterocycles. The molecule has 2 aliphatic rings. The van der Waals surface area contributed by atoms with E-state index in [0.29, 0.717) is 21.2 Å². The van der Waals surface area contributed by atoms with Crippen molar-refractivity contribution in [1.82, 2.24) is 9.80 Å². The highest BCUT2D eigenvalue weighted by Gasteiger charge is 2.35. The topological polar surface area (TPSA) is 74.8 Å². The maximum atomic E-state index is 13.3. The number of thioether (sulfide) groups is 1. The van der Waals surface area contributed by atoms with Crippen molar-refractivity contribution in [3.8, 4) is 0 Å². The van der Waals surface area contributed by atoms with Crippen LogP contribution in [-0.4, -0.2) is 65.5 Å². The molecule has 0 N–H and O–H groups in total. The summed E-state index contributed by atoms with van der Waals surface area (Å²) < 4.78 is 36.8. The normalized spacial score (nSPS) is 22.9. The SMILES string of the molecule is CN(C(=O)CCN1C(=O)/C(=C/c2cccc(F)c2)SC1=S)C1CCS(=O)(=O)C1. The van der Waals surface area contributed by atoms with Crippen molar-refractivity contribution in [3.05, 3.63) is 40.6 Å². The quantitative estimate of drug-likeness (QED) is 0.513. The van der Waals surface area contributed by atoms with Gasteiger partial charge in [0.1, 0.15) is 10.1 Å². The summed E-state index contributed by atoms with van der Waals surface area (Å²) in [5.74, 6) is -0.878. The molecule has 6 nitrogen and oxygen atoms in total. The molecule has 150 valence electrons. The van der Waals surface area contributed by atoms with Gasteiger partial charge in [-0.1, -0.05) is 36.1 Å². The summed E-state index contributed by atoms with van der Waals surface area (Å²) in [7, 11) is -1.49. The second kappa shape index (κ2) is 8.30. The van der Waals surface area contributed by atoms with Crippen molar-refractivity contribution in [1.29, 1.82) is 0 Å². The Morgan fingerprint density at radius 3 is 2.86 bits per heavy atom. The summed E-state index contributed by atoms with van der Waals surface area (Å²) in [4.78, 5) is 28.2. The van der Waals surface area contributed by atoms with Crippen LogP contribution in [0.2, 0.25) is 0 Å². The van der Waals surface area contributed by atoms with Crippen molar-refractivity contribution < 1.29 is 22.4 Å². The van der Waals surface area contributed by atoms with Gasteiger partial charge in [0, 0.05) is 26.1 Å². The fourth-order valence-corrected chi connectivity index (χ4v) is 6.19. The molecule has 0 spiro atoms. The maximum Gasteiger partial charge on any atom is 0.266 e. The Labute approximate surface area is 172 Å². The first-order valence-corrected chi connectivity index (χ1v) is 11.7. The molecule has 2 fully saturated rings. The van der Waals surface area contributed by atoms with Crippen molar-refractivity contribution in [2.45, 2.75) is 18.9 Å². The van der Waals surface area contributed by atoms with E-state index >= 15 is 0 Å². The number of amides is 2. The Morgan fingerprint density at radius 2 is 2.21 bits per heavy atom. The van der Waals surface area contributed by atoms with E-state index in [1.807, 2.05) is 0 Å². The van der Waals surface area contributed by atoms with Gasteiger partial charge in [0.2, 0.25) is 5.91 Å². The van der Waals surface area contributed by atoms with Gasteiger partial charge in [-0.15, -0.1) is 0 Å². The number of carbonyl (C=O) groups excluding carboxylic acids is 2. The van der Waals surface area contributed by atoms with E-state index < -0.39 is 15.7 Å². The first kappa shape index (κ1) is 20.9. The summed E-state index contributed by atoms with van der Waals surface area (Å²) >= 11 is 6.35. The molecule has 0 aromatic heterocycles. The maximum absolute atomic E-state index is 13.3. The Bertz CT molecular complexity index is 961. The lowest BCUT2D eigenvalue weighted by molar-refractivity contribution is -0.132. The van der Waals surface area contributed by atoms with Crippen molar-refractivity contribution in [2.24, 2.45) is 0 Å². The molecule has 1 aromatic carbocycles. The third kappa shape index (κ3) is 4.79. The molecule has 0 aliphatic carbocycles. The summed E-state index contributed by atoms with van der Waals surface area (Å²) in [6.07, 6.45) is 2.05. The Morgan fingerprint density at radius 1 is 1.46 bits per heavy atom. The van der Waals surface area contributed by atoms with Gasteiger partial charge in [-0.3, -0.25) is 14.5 Å². The number of hydrogen-bond acceptors (Lipinski definition) is 6. The highest BCUT2D eigenvalue weighted by molar-refractivity contribution is 8.26. The fourth-order valence-electron chi connectivity index (χ4n) is 3.11. The zero-order valence-electron chi connectivity index (χ0n) is 15.1. The van der Waals surface area contributed by atoms with Gasteiger partial charge in [-0.05, 0) is 30.2 Å². The molecule has 0 radical (unpaired) electrons. The molecular weight excluding hydrogens is 423 g/mol. The Hall–Kier alpha value is -1.78. The lowest BCUT2D eigenvalue weighted by atomic mass is 10.2. The molecule has 10 heteroatoms. The van der Waals surface area contributed by atoms with Gasteiger partial charge in [0.25, 0.3) is 5.91 Å². The van der Waals surface area contributed by atoms with Crippen LogP contribution in [0.5, 0.6) is 0 Å². The third-order valence-corrected chi connectivity index (χ3v) is 7.85. The largest absolute Gasteiger partial charge is 0.342 e. The van der Waals surface area contributed by atoms with E-state index in [-0.39, 0.29) is 42.3 Å². The number of benzene rings is 1. The lowest BCUT2D eigenvalue weighted by Crippen LogP contribution is -2.40. The van der Waals surface area contributed by atoms with Gasteiger partial charge >= 0.3 is 0 Å².